The van der Waals surface area contributed by atoms with E-state index in [2.05, 4.69) is 15.1 Å². The molecule has 9 heteroatoms. The van der Waals surface area contributed by atoms with Crippen molar-refractivity contribution < 1.29 is 22.7 Å². The molecule has 3 aromatic rings. The third-order valence-electron chi connectivity index (χ3n) is 3.93. The summed E-state index contributed by atoms with van der Waals surface area (Å²) in [6.07, 6.45) is 1.68. The number of carbonyl (C=O) groups excluding carboxylic acids is 2. The number of hydrogen-bond acceptors (Lipinski definition) is 5. The lowest BCUT2D eigenvalue weighted by Gasteiger charge is -2.11. The fourth-order valence-electron chi connectivity index (χ4n) is 2.65. The van der Waals surface area contributed by atoms with E-state index in [1.165, 1.54) is 24.3 Å². The minimum atomic E-state index is -4.15. The van der Waals surface area contributed by atoms with Crippen molar-refractivity contribution in [2.45, 2.75) is 11.3 Å². The number of hydrogen-bond donors (Lipinski definition) is 3. The molecule has 0 saturated carbocycles. The molecule has 0 aliphatic heterocycles. The number of sulfonamides is 1. The highest BCUT2D eigenvalue weighted by Gasteiger charge is 2.23. The van der Waals surface area contributed by atoms with E-state index in [0.29, 0.717) is 0 Å². The van der Waals surface area contributed by atoms with Crippen molar-refractivity contribution in [3.63, 3.8) is 0 Å². The molecular formula is C18H17N3O5S. The van der Waals surface area contributed by atoms with Gasteiger partial charge in [-0.25, -0.2) is 13.2 Å². The molecule has 3 rings (SSSR count). The number of nitrogens with one attached hydrogen (secondary N) is 3. The Balaban J connectivity index is 1.72. The summed E-state index contributed by atoms with van der Waals surface area (Å²) < 4.78 is 29.5. The van der Waals surface area contributed by atoms with Gasteiger partial charge in [-0.3, -0.25) is 10.2 Å². The van der Waals surface area contributed by atoms with E-state index in [1.807, 2.05) is 29.1 Å². The molecule has 0 spiro atoms. The maximum absolute atomic E-state index is 12.5. The largest absolute Gasteiger partial charge is 0.465 e. The van der Waals surface area contributed by atoms with Gasteiger partial charge in [0.05, 0.1) is 24.0 Å². The van der Waals surface area contributed by atoms with Gasteiger partial charge in [0.15, 0.2) is 0 Å². The van der Waals surface area contributed by atoms with E-state index in [9.17, 15) is 18.0 Å². The van der Waals surface area contributed by atoms with Crippen LogP contribution in [-0.4, -0.2) is 32.4 Å². The predicted octanol–water partition coefficient (Wildman–Crippen LogP) is 1.51. The van der Waals surface area contributed by atoms with Gasteiger partial charge in [-0.05, 0) is 23.8 Å². The second-order valence-corrected chi connectivity index (χ2v) is 7.33. The number of fused-ring (bicyclic) bond motifs is 1. The number of amides is 1. The Morgan fingerprint density at radius 1 is 1.07 bits per heavy atom. The second kappa shape index (κ2) is 7.60. The second-order valence-electron chi connectivity index (χ2n) is 5.68. The molecule has 0 atom stereocenters. The SMILES string of the molecule is COC(=O)c1ccccc1S(=O)(=O)NNC(=O)Cc1c[nH]c2ccccc12. The van der Waals surface area contributed by atoms with Gasteiger partial charge in [-0.2, -0.15) is 0 Å². The molecule has 1 aromatic heterocycles. The number of esters is 1. The zero-order valence-electron chi connectivity index (χ0n) is 14.4. The number of benzene rings is 2. The minimum absolute atomic E-state index is 0.0226. The Kier molecular flexibility index (Phi) is 5.24. The van der Waals surface area contributed by atoms with Crippen molar-refractivity contribution in [3.8, 4) is 0 Å². The standard InChI is InChI=1S/C18H17N3O5S/c1-26-18(23)14-7-3-5-9-16(14)27(24,25)21-20-17(22)10-12-11-19-15-8-4-2-6-13(12)15/h2-9,11,19,21H,10H2,1H3,(H,20,22). The van der Waals surface area contributed by atoms with Gasteiger partial charge < -0.3 is 9.72 Å². The normalized spacial score (nSPS) is 11.3. The summed E-state index contributed by atoms with van der Waals surface area (Å²) in [4.78, 5) is 28.7. The maximum atomic E-state index is 12.5. The predicted molar refractivity (Wildman–Crippen MR) is 98.2 cm³/mol. The first kappa shape index (κ1) is 18.6. The average Bonchev–Trinajstić information content (AvgIpc) is 3.09. The summed E-state index contributed by atoms with van der Waals surface area (Å²) in [6.45, 7) is 0. The van der Waals surface area contributed by atoms with Crippen molar-refractivity contribution in [2.75, 3.05) is 7.11 Å². The van der Waals surface area contributed by atoms with Crippen molar-refractivity contribution >= 4 is 32.8 Å². The summed E-state index contributed by atoms with van der Waals surface area (Å²) in [7, 11) is -3.00. The average molecular weight is 387 g/mol. The monoisotopic (exact) mass is 387 g/mol. The number of aromatic amines is 1. The van der Waals surface area contributed by atoms with Crippen LogP contribution in [0.3, 0.4) is 0 Å². The van der Waals surface area contributed by atoms with E-state index < -0.39 is 21.9 Å². The number of H-pyrrole nitrogens is 1. The van der Waals surface area contributed by atoms with E-state index in [0.717, 1.165) is 23.6 Å². The molecule has 3 N–H and O–H groups in total. The van der Waals surface area contributed by atoms with Crippen molar-refractivity contribution in [3.05, 3.63) is 65.9 Å². The van der Waals surface area contributed by atoms with Gasteiger partial charge in [0, 0.05) is 17.1 Å². The number of ether oxygens (including phenoxy) is 1. The third kappa shape index (κ3) is 3.99. The molecule has 0 unspecified atom stereocenters. The van der Waals surface area contributed by atoms with Crippen LogP contribution in [0.1, 0.15) is 15.9 Å². The van der Waals surface area contributed by atoms with Crippen molar-refractivity contribution in [2.24, 2.45) is 0 Å². The first-order valence-electron chi connectivity index (χ1n) is 7.95. The summed E-state index contributed by atoms with van der Waals surface area (Å²) in [5, 5.41) is 0.881. The topological polar surface area (TPSA) is 117 Å². The van der Waals surface area contributed by atoms with Crippen molar-refractivity contribution in [1.82, 2.24) is 15.2 Å². The van der Waals surface area contributed by atoms with E-state index in [1.54, 1.807) is 6.20 Å². The zero-order chi connectivity index (χ0) is 19.4. The van der Waals surface area contributed by atoms with Crippen LogP contribution in [0.5, 0.6) is 0 Å². The smallest absolute Gasteiger partial charge is 0.339 e. The number of aromatic nitrogens is 1. The highest BCUT2D eigenvalue weighted by molar-refractivity contribution is 7.89. The van der Waals surface area contributed by atoms with Gasteiger partial charge in [0.2, 0.25) is 5.91 Å². The Labute approximate surface area is 155 Å². The lowest BCUT2D eigenvalue weighted by molar-refractivity contribution is -0.120. The van der Waals surface area contributed by atoms with Crippen LogP contribution in [0, 0.1) is 0 Å². The van der Waals surface area contributed by atoms with Crippen LogP contribution in [0.4, 0.5) is 0 Å². The van der Waals surface area contributed by atoms with Crippen LogP contribution in [0.15, 0.2) is 59.6 Å². The quantitative estimate of drug-likeness (QED) is 0.438. The fraction of sp³-hybridized carbons (Fsp3) is 0.111. The highest BCUT2D eigenvalue weighted by atomic mass is 32.2. The molecule has 27 heavy (non-hydrogen) atoms. The molecule has 0 bridgehead atoms. The van der Waals surface area contributed by atoms with Crippen LogP contribution in [0.2, 0.25) is 0 Å². The van der Waals surface area contributed by atoms with E-state index in [-0.39, 0.29) is 16.9 Å². The molecule has 2 aromatic carbocycles. The summed E-state index contributed by atoms with van der Waals surface area (Å²) in [6, 6.07) is 13.0. The Bertz CT molecular complexity index is 1100. The van der Waals surface area contributed by atoms with Gasteiger partial charge in [-0.15, -0.1) is 4.83 Å². The summed E-state index contributed by atoms with van der Waals surface area (Å²) in [5.41, 5.74) is 3.66. The van der Waals surface area contributed by atoms with E-state index in [4.69, 9.17) is 0 Å². The first-order valence-corrected chi connectivity index (χ1v) is 9.43. The number of carbonyl (C=O) groups is 2. The minimum Gasteiger partial charge on any atom is -0.465 e. The van der Waals surface area contributed by atoms with Crippen LogP contribution >= 0.6 is 0 Å². The molecule has 0 saturated heterocycles. The first-order chi connectivity index (χ1) is 12.9. The lowest BCUT2D eigenvalue weighted by Crippen LogP contribution is -2.42. The number of methoxy groups -OCH3 is 1. The van der Waals surface area contributed by atoms with Gasteiger partial charge in [-0.1, -0.05) is 30.3 Å². The van der Waals surface area contributed by atoms with E-state index >= 15 is 0 Å². The molecule has 0 fully saturated rings. The highest BCUT2D eigenvalue weighted by Crippen LogP contribution is 2.18. The third-order valence-corrected chi connectivity index (χ3v) is 5.24. The molecule has 1 heterocycles. The lowest BCUT2D eigenvalue weighted by atomic mass is 10.1. The molecule has 1 amide bonds. The van der Waals surface area contributed by atoms with Gasteiger partial charge in [0.1, 0.15) is 0 Å². The maximum Gasteiger partial charge on any atom is 0.339 e. The molecular weight excluding hydrogens is 370 g/mol. The fourth-order valence-corrected chi connectivity index (χ4v) is 3.71. The summed E-state index contributed by atoms with van der Waals surface area (Å²) in [5.74, 6) is -1.33. The molecule has 0 radical (unpaired) electrons. The molecule has 0 aliphatic carbocycles. The molecule has 0 aliphatic rings. The Morgan fingerprint density at radius 3 is 2.56 bits per heavy atom. The number of para-hydroxylation sites is 1. The van der Waals surface area contributed by atoms with Crippen LogP contribution < -0.4 is 10.3 Å². The Morgan fingerprint density at radius 2 is 1.78 bits per heavy atom. The number of hydrazine groups is 1. The zero-order valence-corrected chi connectivity index (χ0v) is 15.2. The van der Waals surface area contributed by atoms with Gasteiger partial charge >= 0.3 is 5.97 Å². The van der Waals surface area contributed by atoms with Crippen LogP contribution in [-0.2, 0) is 26.0 Å². The Hall–Kier alpha value is -3.17. The van der Waals surface area contributed by atoms with Gasteiger partial charge in [0.25, 0.3) is 10.0 Å². The summed E-state index contributed by atoms with van der Waals surface area (Å²) >= 11 is 0. The molecule has 8 nitrogen and oxygen atoms in total. The van der Waals surface area contributed by atoms with Crippen molar-refractivity contribution in [1.29, 1.82) is 0 Å². The molecule has 140 valence electrons. The van der Waals surface area contributed by atoms with Crippen LogP contribution in [0.25, 0.3) is 10.9 Å². The number of rotatable bonds is 6.